The Morgan fingerprint density at radius 1 is 1.25 bits per heavy atom. The quantitative estimate of drug-likeness (QED) is 0.696. The fourth-order valence-corrected chi connectivity index (χ4v) is 3.25. The largest absolute Gasteiger partial charge is 0.497 e. The van der Waals surface area contributed by atoms with Gasteiger partial charge in [0, 0.05) is 45.1 Å². The van der Waals surface area contributed by atoms with E-state index in [2.05, 4.69) is 51.1 Å². The Kier molecular flexibility index (Phi) is 8.90. The maximum absolute atomic E-state index is 8.36. The highest BCUT2D eigenvalue weighted by molar-refractivity contribution is 5.32. The van der Waals surface area contributed by atoms with E-state index in [4.69, 9.17) is 14.6 Å². The number of carbonyl (C=O) groups is 1. The molecule has 1 atom stereocenters. The Morgan fingerprint density at radius 2 is 1.89 bits per heavy atom. The standard InChI is InChI=1S/C19H29N5O.CH2O2/c1-15(24-12-10-23(2)11-13-24)4-9-18-20-19(22-21-18)14-16-5-7-17(25-3)8-6-16;2-1-3/h5-8,15H,4,9-14H2,1-3H3,(H,20,21,22);1H,(H,2,3). The monoisotopic (exact) mass is 389 g/mol. The van der Waals surface area contributed by atoms with E-state index in [1.807, 2.05) is 12.1 Å². The summed E-state index contributed by atoms with van der Waals surface area (Å²) in [5, 5.41) is 14.4. The summed E-state index contributed by atoms with van der Waals surface area (Å²) >= 11 is 0. The molecule has 0 radical (unpaired) electrons. The van der Waals surface area contributed by atoms with Crippen LogP contribution >= 0.6 is 0 Å². The molecular formula is C20H31N5O3. The van der Waals surface area contributed by atoms with Gasteiger partial charge in [-0.25, -0.2) is 4.98 Å². The smallest absolute Gasteiger partial charge is 0.290 e. The molecule has 2 aromatic rings. The normalized spacial score (nSPS) is 16.1. The lowest BCUT2D eigenvalue weighted by atomic mass is 10.1. The highest BCUT2D eigenvalue weighted by Gasteiger charge is 2.19. The number of H-pyrrole nitrogens is 1. The molecular weight excluding hydrogens is 358 g/mol. The van der Waals surface area contributed by atoms with Crippen molar-refractivity contribution in [1.82, 2.24) is 25.0 Å². The first-order valence-electron chi connectivity index (χ1n) is 9.59. The Hall–Kier alpha value is -2.45. The maximum Gasteiger partial charge on any atom is 0.290 e. The number of aromatic nitrogens is 3. The zero-order valence-electron chi connectivity index (χ0n) is 17.0. The number of rotatable bonds is 7. The van der Waals surface area contributed by atoms with Gasteiger partial charge in [0.1, 0.15) is 11.6 Å². The van der Waals surface area contributed by atoms with Crippen molar-refractivity contribution >= 4 is 6.47 Å². The van der Waals surface area contributed by atoms with Gasteiger partial charge in [0.05, 0.1) is 7.11 Å². The molecule has 1 saturated heterocycles. The van der Waals surface area contributed by atoms with Gasteiger partial charge in [-0.05, 0) is 38.1 Å². The third-order valence-corrected chi connectivity index (χ3v) is 5.06. The highest BCUT2D eigenvalue weighted by atomic mass is 16.5. The number of hydrogen-bond acceptors (Lipinski definition) is 6. The van der Waals surface area contributed by atoms with Gasteiger partial charge in [0.25, 0.3) is 6.47 Å². The van der Waals surface area contributed by atoms with Crippen molar-refractivity contribution in [3.8, 4) is 5.75 Å². The van der Waals surface area contributed by atoms with Gasteiger partial charge in [-0.2, -0.15) is 5.10 Å². The second-order valence-electron chi connectivity index (χ2n) is 7.06. The number of ether oxygens (including phenoxy) is 1. The first kappa shape index (κ1) is 21.8. The first-order chi connectivity index (χ1) is 13.5. The van der Waals surface area contributed by atoms with E-state index in [1.54, 1.807) is 7.11 Å². The molecule has 1 fully saturated rings. The zero-order valence-corrected chi connectivity index (χ0v) is 17.0. The van der Waals surface area contributed by atoms with E-state index in [0.717, 1.165) is 62.8 Å². The highest BCUT2D eigenvalue weighted by Crippen LogP contribution is 2.14. The summed E-state index contributed by atoms with van der Waals surface area (Å²) in [6.45, 7) is 6.72. The Morgan fingerprint density at radius 3 is 2.50 bits per heavy atom. The van der Waals surface area contributed by atoms with Crippen LogP contribution in [0.25, 0.3) is 0 Å². The summed E-state index contributed by atoms with van der Waals surface area (Å²) in [5.74, 6) is 2.72. The number of aryl methyl sites for hydroxylation is 1. The van der Waals surface area contributed by atoms with Crippen molar-refractivity contribution < 1.29 is 14.6 Å². The van der Waals surface area contributed by atoms with Crippen LogP contribution in [0, 0.1) is 0 Å². The Labute approximate surface area is 166 Å². The van der Waals surface area contributed by atoms with Crippen LogP contribution in [-0.4, -0.2) is 82.9 Å². The third-order valence-electron chi connectivity index (χ3n) is 5.06. The van der Waals surface area contributed by atoms with Crippen LogP contribution in [0.3, 0.4) is 0 Å². The average Bonchev–Trinajstić information content (AvgIpc) is 3.15. The lowest BCUT2D eigenvalue weighted by Crippen LogP contribution is -2.48. The number of hydrogen-bond donors (Lipinski definition) is 2. The molecule has 1 aromatic heterocycles. The molecule has 1 unspecified atom stereocenters. The van der Waals surface area contributed by atoms with E-state index in [0.29, 0.717) is 6.04 Å². The fourth-order valence-electron chi connectivity index (χ4n) is 3.25. The van der Waals surface area contributed by atoms with Crippen LogP contribution in [0.4, 0.5) is 0 Å². The maximum atomic E-state index is 8.36. The third kappa shape index (κ3) is 6.94. The number of carboxylic acid groups (broad SMARTS) is 1. The SMILES string of the molecule is COc1ccc(Cc2nc(CCC(C)N3CCN(C)CC3)n[nH]2)cc1.O=CO. The molecule has 0 saturated carbocycles. The number of benzene rings is 1. The van der Waals surface area contributed by atoms with Crippen molar-refractivity contribution in [2.24, 2.45) is 0 Å². The molecule has 1 aliphatic heterocycles. The van der Waals surface area contributed by atoms with E-state index < -0.39 is 0 Å². The Bertz CT molecular complexity index is 696. The molecule has 0 bridgehead atoms. The van der Waals surface area contributed by atoms with Gasteiger partial charge in [-0.15, -0.1) is 0 Å². The molecule has 0 spiro atoms. The number of piperazine rings is 1. The minimum Gasteiger partial charge on any atom is -0.497 e. The average molecular weight is 390 g/mol. The second kappa shape index (κ2) is 11.4. The van der Waals surface area contributed by atoms with Crippen LogP contribution < -0.4 is 4.74 Å². The number of aromatic amines is 1. The van der Waals surface area contributed by atoms with Crippen molar-refractivity contribution in [2.45, 2.75) is 32.2 Å². The Balaban J connectivity index is 0.000000878. The molecule has 1 aromatic carbocycles. The number of nitrogens with one attached hydrogen (secondary N) is 1. The fraction of sp³-hybridized carbons (Fsp3) is 0.550. The summed E-state index contributed by atoms with van der Waals surface area (Å²) in [5.41, 5.74) is 1.20. The van der Waals surface area contributed by atoms with Crippen molar-refractivity contribution in [3.05, 3.63) is 41.5 Å². The molecule has 1 aliphatic rings. The van der Waals surface area contributed by atoms with Gasteiger partial charge >= 0.3 is 0 Å². The van der Waals surface area contributed by atoms with Crippen molar-refractivity contribution in [2.75, 3.05) is 40.3 Å². The molecule has 8 nitrogen and oxygen atoms in total. The summed E-state index contributed by atoms with van der Waals surface area (Å²) in [6, 6.07) is 8.67. The van der Waals surface area contributed by atoms with Crippen LogP contribution in [0.2, 0.25) is 0 Å². The van der Waals surface area contributed by atoms with Gasteiger partial charge in [0.15, 0.2) is 5.82 Å². The predicted molar refractivity (Wildman–Crippen MR) is 108 cm³/mol. The minimum absolute atomic E-state index is 0.250. The zero-order chi connectivity index (χ0) is 20.4. The van der Waals surface area contributed by atoms with Crippen molar-refractivity contribution in [1.29, 1.82) is 0 Å². The van der Waals surface area contributed by atoms with Crippen molar-refractivity contribution in [3.63, 3.8) is 0 Å². The lowest BCUT2D eigenvalue weighted by molar-refractivity contribution is -0.122. The summed E-state index contributed by atoms with van der Waals surface area (Å²) in [7, 11) is 3.88. The molecule has 154 valence electrons. The molecule has 2 N–H and O–H groups in total. The molecule has 28 heavy (non-hydrogen) atoms. The van der Waals surface area contributed by atoms with E-state index in [9.17, 15) is 0 Å². The topological polar surface area (TPSA) is 94.6 Å². The summed E-state index contributed by atoms with van der Waals surface area (Å²) < 4.78 is 5.19. The number of nitrogens with zero attached hydrogens (tertiary/aromatic N) is 4. The minimum atomic E-state index is -0.250. The lowest BCUT2D eigenvalue weighted by Gasteiger charge is -2.36. The second-order valence-corrected chi connectivity index (χ2v) is 7.06. The van der Waals surface area contributed by atoms with Gasteiger partial charge < -0.3 is 14.7 Å². The number of likely N-dealkylation sites (N-methyl/N-ethyl adjacent to an activating group) is 1. The predicted octanol–water partition coefficient (Wildman–Crippen LogP) is 1.67. The van der Waals surface area contributed by atoms with Crippen LogP contribution in [0.15, 0.2) is 24.3 Å². The molecule has 0 amide bonds. The summed E-state index contributed by atoms with van der Waals surface area (Å²) in [6.07, 6.45) is 2.79. The summed E-state index contributed by atoms with van der Waals surface area (Å²) in [4.78, 5) is 18.0. The van der Waals surface area contributed by atoms with Crippen LogP contribution in [-0.2, 0) is 17.6 Å². The molecule has 8 heteroatoms. The van der Waals surface area contributed by atoms with E-state index in [-0.39, 0.29) is 6.47 Å². The van der Waals surface area contributed by atoms with Crippen LogP contribution in [0.5, 0.6) is 5.75 Å². The molecule has 2 heterocycles. The van der Waals surface area contributed by atoms with Gasteiger partial charge in [0.2, 0.25) is 0 Å². The molecule has 3 rings (SSSR count). The molecule has 0 aliphatic carbocycles. The van der Waals surface area contributed by atoms with E-state index in [1.165, 1.54) is 5.56 Å². The van der Waals surface area contributed by atoms with Crippen LogP contribution in [0.1, 0.15) is 30.6 Å². The van der Waals surface area contributed by atoms with Gasteiger partial charge in [-0.3, -0.25) is 14.8 Å². The first-order valence-corrected chi connectivity index (χ1v) is 9.59. The van der Waals surface area contributed by atoms with E-state index >= 15 is 0 Å². The number of methoxy groups -OCH3 is 1. The van der Waals surface area contributed by atoms with Gasteiger partial charge in [-0.1, -0.05) is 12.1 Å².